The summed E-state index contributed by atoms with van der Waals surface area (Å²) in [4.78, 5) is 3.39. The highest BCUT2D eigenvalue weighted by Crippen LogP contribution is 2.21. The number of thioether (sulfide) groups is 1. The zero-order chi connectivity index (χ0) is 10.4. The number of methoxy groups -OCH3 is 1. The summed E-state index contributed by atoms with van der Waals surface area (Å²) < 4.78 is 5.06. The Bertz CT molecular complexity index is 260. The van der Waals surface area contributed by atoms with Crippen molar-refractivity contribution in [1.29, 1.82) is 0 Å². The van der Waals surface area contributed by atoms with Crippen molar-refractivity contribution in [2.45, 2.75) is 11.8 Å². The molecule has 0 aliphatic carbocycles. The second-order valence-corrected chi connectivity index (χ2v) is 4.38. The summed E-state index contributed by atoms with van der Waals surface area (Å²) in [6, 6.07) is 8.54. The summed E-state index contributed by atoms with van der Waals surface area (Å²) >= 11 is 1.86. The van der Waals surface area contributed by atoms with E-state index in [0.717, 1.165) is 5.75 Å². The van der Waals surface area contributed by atoms with Crippen molar-refractivity contribution in [3.63, 3.8) is 0 Å². The topological polar surface area (TPSA) is 12.5 Å². The van der Waals surface area contributed by atoms with E-state index in [1.54, 1.807) is 7.11 Å². The van der Waals surface area contributed by atoms with Crippen LogP contribution in [0.1, 0.15) is 6.92 Å². The van der Waals surface area contributed by atoms with Gasteiger partial charge in [-0.1, -0.05) is 6.92 Å². The van der Waals surface area contributed by atoms with Crippen molar-refractivity contribution in [2.24, 2.45) is 0 Å². The molecule has 0 saturated carbocycles. The van der Waals surface area contributed by atoms with Gasteiger partial charge in [-0.2, -0.15) is 0 Å². The molecule has 0 heterocycles. The van der Waals surface area contributed by atoms with E-state index in [0.29, 0.717) is 6.73 Å². The molecule has 0 saturated heterocycles. The quantitative estimate of drug-likeness (QED) is 0.549. The lowest BCUT2D eigenvalue weighted by molar-refractivity contribution is 0.202. The van der Waals surface area contributed by atoms with Crippen LogP contribution in [0.15, 0.2) is 29.2 Å². The summed E-state index contributed by atoms with van der Waals surface area (Å²) in [5.74, 6) is 1.12. The zero-order valence-corrected chi connectivity index (χ0v) is 9.80. The van der Waals surface area contributed by atoms with Gasteiger partial charge in [0.25, 0.3) is 0 Å². The maximum atomic E-state index is 5.06. The van der Waals surface area contributed by atoms with Crippen molar-refractivity contribution < 1.29 is 4.74 Å². The average molecular weight is 211 g/mol. The summed E-state index contributed by atoms with van der Waals surface area (Å²) in [6.45, 7) is 2.79. The van der Waals surface area contributed by atoms with E-state index in [1.807, 2.05) is 18.8 Å². The number of nitrogens with zero attached hydrogens (tertiary/aromatic N) is 1. The Morgan fingerprint density at radius 3 is 2.43 bits per heavy atom. The van der Waals surface area contributed by atoms with Gasteiger partial charge in [-0.05, 0) is 30.0 Å². The molecule has 2 nitrogen and oxygen atoms in total. The summed E-state index contributed by atoms with van der Waals surface area (Å²) in [6.07, 6.45) is 0. The maximum Gasteiger partial charge on any atom is 0.118 e. The van der Waals surface area contributed by atoms with Gasteiger partial charge >= 0.3 is 0 Å². The van der Waals surface area contributed by atoms with Crippen LogP contribution in [0.25, 0.3) is 0 Å². The van der Waals surface area contributed by atoms with Gasteiger partial charge in [0.1, 0.15) is 6.73 Å². The van der Waals surface area contributed by atoms with Crippen LogP contribution in [-0.4, -0.2) is 26.6 Å². The molecule has 14 heavy (non-hydrogen) atoms. The minimum atomic E-state index is 0.625. The van der Waals surface area contributed by atoms with Crippen molar-refractivity contribution in [1.82, 2.24) is 0 Å². The molecule has 0 aliphatic heterocycles. The first-order valence-electron chi connectivity index (χ1n) is 4.71. The molecule has 0 unspecified atom stereocenters. The van der Waals surface area contributed by atoms with Crippen molar-refractivity contribution in [3.05, 3.63) is 24.3 Å². The highest BCUT2D eigenvalue weighted by Gasteiger charge is 1.99. The molecule has 0 spiro atoms. The molecule has 3 heteroatoms. The smallest absolute Gasteiger partial charge is 0.118 e. The molecule has 0 N–H and O–H groups in total. The number of hydrogen-bond acceptors (Lipinski definition) is 3. The van der Waals surface area contributed by atoms with Gasteiger partial charge in [0.05, 0.1) is 0 Å². The Hall–Kier alpha value is -0.670. The molecule has 0 atom stereocenters. The monoisotopic (exact) mass is 211 g/mol. The Morgan fingerprint density at radius 2 is 1.93 bits per heavy atom. The van der Waals surface area contributed by atoms with E-state index in [2.05, 4.69) is 36.1 Å². The molecule has 0 aromatic heterocycles. The summed E-state index contributed by atoms with van der Waals surface area (Å²) in [5.41, 5.74) is 1.19. The van der Waals surface area contributed by atoms with Crippen molar-refractivity contribution >= 4 is 17.4 Å². The van der Waals surface area contributed by atoms with Gasteiger partial charge in [0.2, 0.25) is 0 Å². The average Bonchev–Trinajstić information content (AvgIpc) is 2.20. The van der Waals surface area contributed by atoms with Crippen LogP contribution >= 0.6 is 11.8 Å². The van der Waals surface area contributed by atoms with Crippen molar-refractivity contribution in [3.8, 4) is 0 Å². The highest BCUT2D eigenvalue weighted by atomic mass is 32.2. The molecule has 0 radical (unpaired) electrons. The molecule has 1 aromatic rings. The van der Waals surface area contributed by atoms with Crippen LogP contribution in [0.5, 0.6) is 0 Å². The Morgan fingerprint density at radius 1 is 1.29 bits per heavy atom. The van der Waals surface area contributed by atoms with Crippen LogP contribution in [0.2, 0.25) is 0 Å². The molecule has 0 fully saturated rings. The summed E-state index contributed by atoms with van der Waals surface area (Å²) in [5, 5.41) is 0. The van der Waals surface area contributed by atoms with Gasteiger partial charge in [-0.25, -0.2) is 0 Å². The largest absolute Gasteiger partial charge is 0.364 e. The first kappa shape index (κ1) is 11.4. The zero-order valence-electron chi connectivity index (χ0n) is 8.99. The Balaban J connectivity index is 2.62. The van der Waals surface area contributed by atoms with Crippen LogP contribution in [-0.2, 0) is 4.74 Å². The first-order valence-corrected chi connectivity index (χ1v) is 5.69. The number of hydrogen-bond donors (Lipinski definition) is 0. The molecular formula is C11H17NOS. The third-order valence-corrected chi connectivity index (χ3v) is 2.81. The second-order valence-electron chi connectivity index (χ2n) is 3.04. The van der Waals surface area contributed by atoms with Crippen LogP contribution in [0.3, 0.4) is 0 Å². The third kappa shape index (κ3) is 3.24. The minimum Gasteiger partial charge on any atom is -0.364 e. The molecule has 0 aliphatic rings. The molecule has 1 aromatic carbocycles. The fraction of sp³-hybridized carbons (Fsp3) is 0.455. The Labute approximate surface area is 90.3 Å². The van der Waals surface area contributed by atoms with Gasteiger partial charge in [-0.3, -0.25) is 0 Å². The third-order valence-electron chi connectivity index (χ3n) is 1.91. The predicted octanol–water partition coefficient (Wildman–Crippen LogP) is 2.84. The number of ether oxygens (including phenoxy) is 1. The van der Waals surface area contributed by atoms with E-state index in [4.69, 9.17) is 4.74 Å². The van der Waals surface area contributed by atoms with E-state index in [1.165, 1.54) is 10.6 Å². The minimum absolute atomic E-state index is 0.625. The predicted molar refractivity (Wildman–Crippen MR) is 63.1 cm³/mol. The second kappa shape index (κ2) is 5.94. The standard InChI is InChI=1S/C11H17NOS/c1-4-14-11-7-5-10(6-8-11)12(2)9-13-3/h5-8H,4,9H2,1-3H3. The fourth-order valence-corrected chi connectivity index (χ4v) is 1.89. The maximum absolute atomic E-state index is 5.06. The lowest BCUT2D eigenvalue weighted by atomic mass is 10.3. The van der Waals surface area contributed by atoms with Crippen LogP contribution in [0, 0.1) is 0 Å². The van der Waals surface area contributed by atoms with Crippen LogP contribution in [0.4, 0.5) is 5.69 Å². The number of rotatable bonds is 5. The highest BCUT2D eigenvalue weighted by molar-refractivity contribution is 7.99. The fourth-order valence-electron chi connectivity index (χ4n) is 1.23. The SMILES string of the molecule is CCSc1ccc(N(C)COC)cc1. The summed E-state index contributed by atoms with van der Waals surface area (Å²) in [7, 11) is 3.73. The molecular weight excluding hydrogens is 194 g/mol. The lowest BCUT2D eigenvalue weighted by Crippen LogP contribution is -2.19. The molecule has 78 valence electrons. The number of benzene rings is 1. The van der Waals surface area contributed by atoms with E-state index >= 15 is 0 Å². The lowest BCUT2D eigenvalue weighted by Gasteiger charge is -2.17. The first-order chi connectivity index (χ1) is 6.77. The van der Waals surface area contributed by atoms with Crippen LogP contribution < -0.4 is 4.90 Å². The van der Waals surface area contributed by atoms with Gasteiger partial charge in [0, 0.05) is 24.7 Å². The van der Waals surface area contributed by atoms with Gasteiger partial charge in [-0.15, -0.1) is 11.8 Å². The van der Waals surface area contributed by atoms with E-state index in [9.17, 15) is 0 Å². The Kier molecular flexibility index (Phi) is 4.84. The molecule has 1 rings (SSSR count). The molecule has 0 bridgehead atoms. The van der Waals surface area contributed by atoms with E-state index in [-0.39, 0.29) is 0 Å². The number of anilines is 1. The normalized spacial score (nSPS) is 10.2. The van der Waals surface area contributed by atoms with E-state index < -0.39 is 0 Å². The molecule has 0 amide bonds. The van der Waals surface area contributed by atoms with Crippen molar-refractivity contribution in [2.75, 3.05) is 31.5 Å². The van der Waals surface area contributed by atoms with Gasteiger partial charge in [0.15, 0.2) is 0 Å². The van der Waals surface area contributed by atoms with Gasteiger partial charge < -0.3 is 9.64 Å².